The van der Waals surface area contributed by atoms with Gasteiger partial charge in [-0.15, -0.1) is 0 Å². The van der Waals surface area contributed by atoms with E-state index in [1.807, 2.05) is 6.07 Å². The third-order valence-corrected chi connectivity index (χ3v) is 2.13. The van der Waals surface area contributed by atoms with Crippen LogP contribution in [0.5, 0.6) is 5.88 Å². The van der Waals surface area contributed by atoms with Crippen LogP contribution in [-0.4, -0.2) is 11.1 Å². The fourth-order valence-corrected chi connectivity index (χ4v) is 1.15. The highest BCUT2D eigenvalue weighted by atomic mass is 16.5. The quantitative estimate of drug-likeness (QED) is 0.722. The van der Waals surface area contributed by atoms with Crippen molar-refractivity contribution >= 4 is 5.69 Å². The Hall–Kier alpha value is -1.25. The van der Waals surface area contributed by atoms with Crippen molar-refractivity contribution in [3.8, 4) is 5.88 Å². The predicted molar refractivity (Wildman–Crippen MR) is 46.9 cm³/mol. The van der Waals surface area contributed by atoms with Gasteiger partial charge in [-0.05, 0) is 31.4 Å². The molecule has 0 amide bonds. The molecule has 0 bridgehead atoms. The van der Waals surface area contributed by atoms with Gasteiger partial charge in [-0.25, -0.2) is 4.98 Å². The van der Waals surface area contributed by atoms with Crippen molar-refractivity contribution in [2.24, 2.45) is 0 Å². The van der Waals surface area contributed by atoms with Crippen molar-refractivity contribution < 1.29 is 4.74 Å². The minimum atomic E-state index is 0.349. The van der Waals surface area contributed by atoms with Crippen molar-refractivity contribution in [3.05, 3.63) is 18.3 Å². The molecule has 3 heteroatoms. The minimum absolute atomic E-state index is 0.349. The number of pyridine rings is 1. The Balaban J connectivity index is 2.06. The molecule has 0 aliphatic heterocycles. The van der Waals surface area contributed by atoms with Crippen molar-refractivity contribution in [2.45, 2.75) is 25.4 Å². The average molecular weight is 164 g/mol. The lowest BCUT2D eigenvalue weighted by atomic mass is 9.96. The summed E-state index contributed by atoms with van der Waals surface area (Å²) in [4.78, 5) is 4.05. The lowest BCUT2D eigenvalue weighted by Gasteiger charge is -2.26. The number of hydrogen-bond acceptors (Lipinski definition) is 3. The highest BCUT2D eigenvalue weighted by molar-refractivity contribution is 5.46. The summed E-state index contributed by atoms with van der Waals surface area (Å²) in [6.07, 6.45) is 5.58. The monoisotopic (exact) mass is 164 g/mol. The van der Waals surface area contributed by atoms with Gasteiger partial charge < -0.3 is 10.5 Å². The second kappa shape index (κ2) is 3.01. The Kier molecular flexibility index (Phi) is 1.86. The number of rotatable bonds is 2. The summed E-state index contributed by atoms with van der Waals surface area (Å²) in [5, 5.41) is 0. The summed E-state index contributed by atoms with van der Waals surface area (Å²) in [6.45, 7) is 0. The molecule has 1 saturated carbocycles. The van der Waals surface area contributed by atoms with Crippen LogP contribution in [0, 0.1) is 0 Å². The fourth-order valence-electron chi connectivity index (χ4n) is 1.15. The lowest BCUT2D eigenvalue weighted by molar-refractivity contribution is 0.115. The number of hydrogen-bond donors (Lipinski definition) is 1. The van der Waals surface area contributed by atoms with Crippen LogP contribution in [0.1, 0.15) is 19.3 Å². The normalized spacial score (nSPS) is 17.0. The van der Waals surface area contributed by atoms with Gasteiger partial charge in [0.1, 0.15) is 6.10 Å². The van der Waals surface area contributed by atoms with Crippen molar-refractivity contribution in [1.82, 2.24) is 4.98 Å². The van der Waals surface area contributed by atoms with Crippen LogP contribution in [0.2, 0.25) is 0 Å². The Bertz CT molecular complexity index is 271. The van der Waals surface area contributed by atoms with E-state index in [9.17, 15) is 0 Å². The molecule has 3 nitrogen and oxygen atoms in total. The summed E-state index contributed by atoms with van der Waals surface area (Å²) >= 11 is 0. The van der Waals surface area contributed by atoms with Crippen LogP contribution in [0.15, 0.2) is 18.3 Å². The summed E-state index contributed by atoms with van der Waals surface area (Å²) in [5.74, 6) is 0.585. The summed E-state index contributed by atoms with van der Waals surface area (Å²) in [6, 6.07) is 3.62. The maximum Gasteiger partial charge on any atom is 0.237 e. The number of aromatic nitrogens is 1. The van der Waals surface area contributed by atoms with Crippen LogP contribution in [0.4, 0.5) is 5.69 Å². The Morgan fingerprint density at radius 3 is 2.92 bits per heavy atom. The molecule has 1 aliphatic carbocycles. The van der Waals surface area contributed by atoms with E-state index in [2.05, 4.69) is 4.98 Å². The van der Waals surface area contributed by atoms with Crippen LogP contribution >= 0.6 is 0 Å². The second-order valence-corrected chi connectivity index (χ2v) is 3.07. The summed E-state index contributed by atoms with van der Waals surface area (Å²) in [7, 11) is 0. The van der Waals surface area contributed by atoms with Gasteiger partial charge in [-0.1, -0.05) is 0 Å². The predicted octanol–water partition coefficient (Wildman–Crippen LogP) is 1.60. The fraction of sp³-hybridized carbons (Fsp3) is 0.444. The molecule has 64 valence electrons. The Morgan fingerprint density at radius 1 is 1.50 bits per heavy atom. The molecule has 2 rings (SSSR count). The second-order valence-electron chi connectivity index (χ2n) is 3.07. The van der Waals surface area contributed by atoms with Gasteiger partial charge in [0.05, 0.1) is 5.69 Å². The third-order valence-electron chi connectivity index (χ3n) is 2.13. The highest BCUT2D eigenvalue weighted by Gasteiger charge is 2.20. The molecule has 0 aromatic carbocycles. The topological polar surface area (TPSA) is 48.1 Å². The van der Waals surface area contributed by atoms with E-state index in [4.69, 9.17) is 10.5 Å². The van der Waals surface area contributed by atoms with E-state index < -0.39 is 0 Å². The zero-order valence-corrected chi connectivity index (χ0v) is 6.86. The molecule has 12 heavy (non-hydrogen) atoms. The van der Waals surface area contributed by atoms with Gasteiger partial charge in [0.25, 0.3) is 0 Å². The number of anilines is 1. The Morgan fingerprint density at radius 2 is 2.33 bits per heavy atom. The molecular weight excluding hydrogens is 152 g/mol. The molecule has 0 saturated heterocycles. The van der Waals surface area contributed by atoms with Crippen LogP contribution < -0.4 is 10.5 Å². The molecule has 0 spiro atoms. The van der Waals surface area contributed by atoms with Gasteiger partial charge >= 0.3 is 0 Å². The third kappa shape index (κ3) is 1.35. The zero-order valence-electron chi connectivity index (χ0n) is 6.86. The van der Waals surface area contributed by atoms with E-state index in [1.165, 1.54) is 6.42 Å². The maximum absolute atomic E-state index is 5.66. The zero-order chi connectivity index (χ0) is 8.39. The number of nitrogen functional groups attached to an aromatic ring is 1. The van der Waals surface area contributed by atoms with Crippen LogP contribution in [0.25, 0.3) is 0 Å². The SMILES string of the molecule is Nc1cccnc1OC1CCC1. The van der Waals surface area contributed by atoms with Gasteiger partial charge in [-0.2, -0.15) is 0 Å². The molecular formula is C9H12N2O. The molecule has 0 unspecified atom stereocenters. The molecule has 1 fully saturated rings. The molecule has 1 aliphatic rings. The Labute approximate surface area is 71.6 Å². The molecule has 1 aromatic rings. The average Bonchev–Trinajstić information content (AvgIpc) is 2.00. The smallest absolute Gasteiger partial charge is 0.237 e. The minimum Gasteiger partial charge on any atom is -0.473 e. The van der Waals surface area contributed by atoms with E-state index in [0.717, 1.165) is 12.8 Å². The summed E-state index contributed by atoms with van der Waals surface area (Å²) in [5.41, 5.74) is 6.29. The lowest BCUT2D eigenvalue weighted by Crippen LogP contribution is -2.25. The van der Waals surface area contributed by atoms with E-state index >= 15 is 0 Å². The molecule has 0 atom stereocenters. The van der Waals surface area contributed by atoms with Gasteiger partial charge in [0.15, 0.2) is 0 Å². The largest absolute Gasteiger partial charge is 0.473 e. The number of nitrogens with two attached hydrogens (primary N) is 1. The van der Waals surface area contributed by atoms with Crippen molar-refractivity contribution in [1.29, 1.82) is 0 Å². The number of ether oxygens (including phenoxy) is 1. The highest BCUT2D eigenvalue weighted by Crippen LogP contribution is 2.26. The van der Waals surface area contributed by atoms with Crippen molar-refractivity contribution in [2.75, 3.05) is 5.73 Å². The van der Waals surface area contributed by atoms with Crippen molar-refractivity contribution in [3.63, 3.8) is 0 Å². The molecule has 0 radical (unpaired) electrons. The first-order valence-corrected chi connectivity index (χ1v) is 4.23. The molecule has 2 N–H and O–H groups in total. The van der Waals surface area contributed by atoms with E-state index in [-0.39, 0.29) is 0 Å². The van der Waals surface area contributed by atoms with Crippen LogP contribution in [0.3, 0.4) is 0 Å². The van der Waals surface area contributed by atoms with E-state index in [0.29, 0.717) is 17.7 Å². The standard InChI is InChI=1S/C9H12N2O/c10-8-5-2-6-11-9(8)12-7-3-1-4-7/h2,5-7H,1,3-4,10H2. The van der Waals surface area contributed by atoms with Gasteiger partial charge in [0.2, 0.25) is 5.88 Å². The van der Waals surface area contributed by atoms with Gasteiger partial charge in [-0.3, -0.25) is 0 Å². The van der Waals surface area contributed by atoms with Crippen LogP contribution in [-0.2, 0) is 0 Å². The first kappa shape index (κ1) is 7.40. The van der Waals surface area contributed by atoms with E-state index in [1.54, 1.807) is 12.3 Å². The number of nitrogens with zero attached hydrogens (tertiary/aromatic N) is 1. The first-order valence-electron chi connectivity index (χ1n) is 4.23. The molecule has 1 aromatic heterocycles. The summed E-state index contributed by atoms with van der Waals surface area (Å²) < 4.78 is 5.54. The molecule has 1 heterocycles. The first-order chi connectivity index (χ1) is 5.86. The van der Waals surface area contributed by atoms with Gasteiger partial charge in [0, 0.05) is 6.20 Å². The maximum atomic E-state index is 5.66.